The van der Waals surface area contributed by atoms with E-state index in [0.29, 0.717) is 5.69 Å². The third-order valence-corrected chi connectivity index (χ3v) is 3.32. The molecule has 0 bridgehead atoms. The van der Waals surface area contributed by atoms with Gasteiger partial charge in [-0.2, -0.15) is 5.26 Å². The summed E-state index contributed by atoms with van der Waals surface area (Å²) in [4.78, 5) is 12.8. The van der Waals surface area contributed by atoms with Gasteiger partial charge in [0.25, 0.3) is 5.91 Å². The van der Waals surface area contributed by atoms with Crippen molar-refractivity contribution < 1.29 is 4.79 Å². The molecular formula is C15H12N2OS. The summed E-state index contributed by atoms with van der Waals surface area (Å²) in [5.74, 6) is -0.389. The standard InChI is InChI=1S/C15H12N2OS/c1-11-4-6-13(7-5-11)17-15(18)12(10-16)9-14-3-2-8-19-14/h2-9H,1H3,(H,17,18)/b12-9+. The molecule has 0 saturated heterocycles. The van der Waals surface area contributed by atoms with Crippen LogP contribution in [0.3, 0.4) is 0 Å². The number of carbonyl (C=O) groups is 1. The first-order valence-electron chi connectivity index (χ1n) is 5.72. The lowest BCUT2D eigenvalue weighted by Gasteiger charge is -2.04. The summed E-state index contributed by atoms with van der Waals surface area (Å²) in [6, 6.07) is 13.1. The minimum absolute atomic E-state index is 0.100. The van der Waals surface area contributed by atoms with Crippen LogP contribution in [0, 0.1) is 18.3 Å². The van der Waals surface area contributed by atoms with E-state index in [9.17, 15) is 4.79 Å². The molecule has 0 radical (unpaired) electrons. The van der Waals surface area contributed by atoms with Crippen molar-refractivity contribution in [2.24, 2.45) is 0 Å². The number of amides is 1. The number of rotatable bonds is 3. The first-order chi connectivity index (χ1) is 9.19. The molecule has 0 atom stereocenters. The van der Waals surface area contributed by atoms with E-state index in [1.807, 2.05) is 54.8 Å². The van der Waals surface area contributed by atoms with Crippen molar-refractivity contribution in [1.82, 2.24) is 0 Å². The fraction of sp³-hybridized carbons (Fsp3) is 0.0667. The molecule has 0 aliphatic carbocycles. The lowest BCUT2D eigenvalue weighted by molar-refractivity contribution is -0.112. The highest BCUT2D eigenvalue weighted by Gasteiger charge is 2.09. The van der Waals surface area contributed by atoms with Gasteiger partial charge in [0.1, 0.15) is 11.6 Å². The number of anilines is 1. The molecule has 1 amide bonds. The molecule has 2 aromatic rings. The summed E-state index contributed by atoms with van der Waals surface area (Å²) in [6.45, 7) is 1.98. The summed E-state index contributed by atoms with van der Waals surface area (Å²) in [6.07, 6.45) is 1.59. The SMILES string of the molecule is Cc1ccc(NC(=O)/C(C#N)=C/c2cccs2)cc1. The third kappa shape index (κ3) is 3.54. The number of nitrogens with zero attached hydrogens (tertiary/aromatic N) is 1. The van der Waals surface area contributed by atoms with Crippen LogP contribution in [-0.4, -0.2) is 5.91 Å². The molecule has 19 heavy (non-hydrogen) atoms. The fourth-order valence-corrected chi connectivity index (χ4v) is 2.16. The molecular weight excluding hydrogens is 256 g/mol. The second-order valence-corrected chi connectivity index (χ2v) is 4.98. The number of thiophene rings is 1. The van der Waals surface area contributed by atoms with Crippen molar-refractivity contribution in [2.45, 2.75) is 6.92 Å². The fourth-order valence-electron chi connectivity index (χ4n) is 1.50. The Kier molecular flexibility index (Phi) is 4.11. The summed E-state index contributed by atoms with van der Waals surface area (Å²) < 4.78 is 0. The molecule has 0 fully saturated rings. The topological polar surface area (TPSA) is 52.9 Å². The predicted octanol–water partition coefficient (Wildman–Crippen LogP) is 3.60. The maximum Gasteiger partial charge on any atom is 0.266 e. The van der Waals surface area contributed by atoms with Gasteiger partial charge in [0.2, 0.25) is 0 Å². The van der Waals surface area contributed by atoms with Crippen LogP contribution in [0.15, 0.2) is 47.4 Å². The van der Waals surface area contributed by atoms with E-state index in [0.717, 1.165) is 10.4 Å². The number of hydrogen-bond donors (Lipinski definition) is 1. The summed E-state index contributed by atoms with van der Waals surface area (Å²) in [7, 11) is 0. The summed E-state index contributed by atoms with van der Waals surface area (Å²) in [5.41, 5.74) is 1.90. The first kappa shape index (κ1) is 13.1. The molecule has 4 heteroatoms. The average Bonchev–Trinajstić information content (AvgIpc) is 2.91. The van der Waals surface area contributed by atoms with Gasteiger partial charge in [0, 0.05) is 10.6 Å². The van der Waals surface area contributed by atoms with Crippen LogP contribution >= 0.6 is 11.3 Å². The molecule has 2 rings (SSSR count). The minimum Gasteiger partial charge on any atom is -0.321 e. The first-order valence-corrected chi connectivity index (χ1v) is 6.60. The van der Waals surface area contributed by atoms with E-state index < -0.39 is 0 Å². The van der Waals surface area contributed by atoms with Crippen molar-refractivity contribution in [3.8, 4) is 6.07 Å². The van der Waals surface area contributed by atoms with Crippen LogP contribution in [0.2, 0.25) is 0 Å². The zero-order valence-corrected chi connectivity index (χ0v) is 11.2. The monoisotopic (exact) mass is 268 g/mol. The molecule has 1 heterocycles. The van der Waals surface area contributed by atoms with Gasteiger partial charge < -0.3 is 5.32 Å². The second kappa shape index (κ2) is 5.98. The second-order valence-electron chi connectivity index (χ2n) is 4.01. The highest BCUT2D eigenvalue weighted by Crippen LogP contribution is 2.15. The Morgan fingerprint density at radius 2 is 2.05 bits per heavy atom. The van der Waals surface area contributed by atoms with Crippen LogP contribution in [0.5, 0.6) is 0 Å². The lowest BCUT2D eigenvalue weighted by Crippen LogP contribution is -2.13. The van der Waals surface area contributed by atoms with E-state index in [2.05, 4.69) is 5.32 Å². The number of nitrogens with one attached hydrogen (secondary N) is 1. The van der Waals surface area contributed by atoms with Gasteiger partial charge in [-0.15, -0.1) is 11.3 Å². The molecule has 1 aromatic heterocycles. The van der Waals surface area contributed by atoms with Crippen LogP contribution in [-0.2, 0) is 4.79 Å². The van der Waals surface area contributed by atoms with Crippen molar-refractivity contribution in [3.05, 3.63) is 57.8 Å². The van der Waals surface area contributed by atoms with Crippen LogP contribution in [0.25, 0.3) is 6.08 Å². The Bertz CT molecular complexity index is 634. The Labute approximate surface area is 115 Å². The van der Waals surface area contributed by atoms with Gasteiger partial charge in [0.05, 0.1) is 0 Å². The zero-order valence-electron chi connectivity index (χ0n) is 10.4. The molecule has 0 spiro atoms. The van der Waals surface area contributed by atoms with E-state index in [4.69, 9.17) is 5.26 Å². The molecule has 0 aliphatic rings. The Morgan fingerprint density at radius 3 is 2.63 bits per heavy atom. The van der Waals surface area contributed by atoms with Gasteiger partial charge in [-0.3, -0.25) is 4.79 Å². The van der Waals surface area contributed by atoms with Crippen molar-refractivity contribution in [3.63, 3.8) is 0 Å². The summed E-state index contributed by atoms with van der Waals surface area (Å²) in [5, 5.41) is 13.7. The Morgan fingerprint density at radius 1 is 1.32 bits per heavy atom. The highest BCUT2D eigenvalue weighted by molar-refractivity contribution is 7.10. The number of nitriles is 1. The van der Waals surface area contributed by atoms with E-state index in [1.54, 1.807) is 6.08 Å². The Hall–Kier alpha value is -2.38. The van der Waals surface area contributed by atoms with Crippen molar-refractivity contribution in [2.75, 3.05) is 5.32 Å². The van der Waals surface area contributed by atoms with Gasteiger partial charge in [-0.1, -0.05) is 23.8 Å². The molecule has 0 aliphatic heterocycles. The van der Waals surface area contributed by atoms with Crippen LogP contribution < -0.4 is 5.32 Å². The normalized spacial score (nSPS) is 10.8. The molecule has 94 valence electrons. The van der Waals surface area contributed by atoms with Crippen molar-refractivity contribution >= 4 is 29.0 Å². The molecule has 0 unspecified atom stereocenters. The maximum absolute atomic E-state index is 12.0. The molecule has 3 nitrogen and oxygen atoms in total. The van der Waals surface area contributed by atoms with Crippen molar-refractivity contribution in [1.29, 1.82) is 5.26 Å². The summed E-state index contributed by atoms with van der Waals surface area (Å²) >= 11 is 1.48. The third-order valence-electron chi connectivity index (χ3n) is 2.50. The van der Waals surface area contributed by atoms with E-state index >= 15 is 0 Å². The minimum atomic E-state index is -0.389. The van der Waals surface area contributed by atoms with Gasteiger partial charge in [-0.05, 0) is 36.6 Å². The van der Waals surface area contributed by atoms with Crippen LogP contribution in [0.1, 0.15) is 10.4 Å². The number of aryl methyl sites for hydroxylation is 1. The highest BCUT2D eigenvalue weighted by atomic mass is 32.1. The smallest absolute Gasteiger partial charge is 0.266 e. The molecule has 0 saturated carbocycles. The lowest BCUT2D eigenvalue weighted by atomic mass is 10.2. The Balaban J connectivity index is 2.14. The van der Waals surface area contributed by atoms with Gasteiger partial charge in [-0.25, -0.2) is 0 Å². The predicted molar refractivity (Wildman–Crippen MR) is 77.7 cm³/mol. The zero-order chi connectivity index (χ0) is 13.7. The van der Waals surface area contributed by atoms with Gasteiger partial charge >= 0.3 is 0 Å². The van der Waals surface area contributed by atoms with E-state index in [1.165, 1.54) is 11.3 Å². The van der Waals surface area contributed by atoms with E-state index in [-0.39, 0.29) is 11.5 Å². The number of hydrogen-bond acceptors (Lipinski definition) is 3. The average molecular weight is 268 g/mol. The maximum atomic E-state index is 12.0. The van der Waals surface area contributed by atoms with Crippen LogP contribution in [0.4, 0.5) is 5.69 Å². The number of carbonyl (C=O) groups excluding carboxylic acids is 1. The number of benzene rings is 1. The largest absolute Gasteiger partial charge is 0.321 e. The molecule has 1 aromatic carbocycles. The quantitative estimate of drug-likeness (QED) is 0.683. The molecule has 1 N–H and O–H groups in total. The van der Waals surface area contributed by atoms with Gasteiger partial charge in [0.15, 0.2) is 0 Å².